The van der Waals surface area contributed by atoms with Gasteiger partial charge in [-0.3, -0.25) is 14.9 Å². The van der Waals surface area contributed by atoms with E-state index in [1.54, 1.807) is 0 Å². The Kier molecular flexibility index (Phi) is 6.15. The number of hydrogen-bond acceptors (Lipinski definition) is 4. The van der Waals surface area contributed by atoms with E-state index in [1.807, 2.05) is 6.07 Å². The van der Waals surface area contributed by atoms with Gasteiger partial charge in [-0.15, -0.1) is 0 Å². The van der Waals surface area contributed by atoms with Gasteiger partial charge in [0.1, 0.15) is 0 Å². The highest BCUT2D eigenvalue weighted by Crippen LogP contribution is 2.43. The number of nitrogens with zero attached hydrogens (tertiary/aromatic N) is 2. The Balaban J connectivity index is 2.53. The van der Waals surface area contributed by atoms with Crippen LogP contribution < -0.4 is 5.32 Å². The third-order valence-electron chi connectivity index (χ3n) is 3.88. The van der Waals surface area contributed by atoms with Crippen molar-refractivity contribution in [2.75, 3.05) is 13.6 Å². The zero-order valence-electron chi connectivity index (χ0n) is 12.2. The standard InChI is InChI=1S/C14H21N3O4/c1-17(8-4-7-15)13(21)16-11(18)9-14(10-12(19)20)5-2-3-6-14/h2-6,8-10H2,1H3,(H,19,20)(H,16,18,21). The van der Waals surface area contributed by atoms with Crippen LogP contribution in [0.4, 0.5) is 4.79 Å². The summed E-state index contributed by atoms with van der Waals surface area (Å²) in [6.45, 7) is 0.246. The molecule has 3 amide bonds. The summed E-state index contributed by atoms with van der Waals surface area (Å²) in [7, 11) is 1.50. The maximum Gasteiger partial charge on any atom is 0.323 e. The van der Waals surface area contributed by atoms with Gasteiger partial charge >= 0.3 is 12.0 Å². The van der Waals surface area contributed by atoms with Gasteiger partial charge < -0.3 is 10.0 Å². The van der Waals surface area contributed by atoms with Crippen LogP contribution >= 0.6 is 0 Å². The molecule has 0 aromatic rings. The molecule has 1 aliphatic carbocycles. The summed E-state index contributed by atoms with van der Waals surface area (Å²) in [5, 5.41) is 19.7. The monoisotopic (exact) mass is 295 g/mol. The van der Waals surface area contributed by atoms with Gasteiger partial charge in [0.15, 0.2) is 0 Å². The third kappa shape index (κ3) is 5.42. The lowest BCUT2D eigenvalue weighted by Gasteiger charge is -2.26. The molecule has 0 aromatic heterocycles. The lowest BCUT2D eigenvalue weighted by atomic mass is 9.79. The first kappa shape index (κ1) is 17.0. The average Bonchev–Trinajstić information content (AvgIpc) is 2.82. The highest BCUT2D eigenvalue weighted by Gasteiger charge is 2.38. The summed E-state index contributed by atoms with van der Waals surface area (Å²) in [6, 6.07) is 1.36. The number of carboxylic acids is 1. The SMILES string of the molecule is CN(CCC#N)C(=O)NC(=O)CC1(CC(=O)O)CCCC1. The van der Waals surface area contributed by atoms with Crippen LogP contribution in [0.3, 0.4) is 0 Å². The van der Waals surface area contributed by atoms with Crippen LogP contribution in [0.25, 0.3) is 0 Å². The van der Waals surface area contributed by atoms with Crippen molar-refractivity contribution in [3.05, 3.63) is 0 Å². The molecule has 21 heavy (non-hydrogen) atoms. The number of carboxylic acid groups (broad SMARTS) is 1. The van der Waals surface area contributed by atoms with Crippen LogP contribution in [0.2, 0.25) is 0 Å². The van der Waals surface area contributed by atoms with Crippen molar-refractivity contribution in [2.45, 2.75) is 44.9 Å². The van der Waals surface area contributed by atoms with E-state index in [2.05, 4.69) is 5.32 Å². The zero-order chi connectivity index (χ0) is 15.9. The van der Waals surface area contributed by atoms with E-state index in [-0.39, 0.29) is 25.8 Å². The molecule has 7 nitrogen and oxygen atoms in total. The van der Waals surface area contributed by atoms with Crippen molar-refractivity contribution in [1.29, 1.82) is 5.26 Å². The van der Waals surface area contributed by atoms with Crippen molar-refractivity contribution >= 4 is 17.9 Å². The number of nitrogens with one attached hydrogen (secondary N) is 1. The van der Waals surface area contributed by atoms with Crippen LogP contribution in [-0.2, 0) is 9.59 Å². The average molecular weight is 295 g/mol. The molecule has 116 valence electrons. The van der Waals surface area contributed by atoms with E-state index >= 15 is 0 Å². The molecule has 0 radical (unpaired) electrons. The molecule has 0 bridgehead atoms. The normalized spacial score (nSPS) is 16.0. The van der Waals surface area contributed by atoms with Crippen molar-refractivity contribution < 1.29 is 19.5 Å². The molecule has 0 saturated heterocycles. The fourth-order valence-electron chi connectivity index (χ4n) is 2.78. The Morgan fingerprint density at radius 1 is 1.29 bits per heavy atom. The Hall–Kier alpha value is -2.10. The second-order valence-corrected chi connectivity index (χ2v) is 5.64. The number of imide groups is 1. The van der Waals surface area contributed by atoms with Crippen molar-refractivity contribution in [3.8, 4) is 6.07 Å². The number of nitriles is 1. The number of carbonyl (C=O) groups excluding carboxylic acids is 2. The topological polar surface area (TPSA) is 111 Å². The largest absolute Gasteiger partial charge is 0.481 e. The Morgan fingerprint density at radius 3 is 2.43 bits per heavy atom. The summed E-state index contributed by atoms with van der Waals surface area (Å²) in [5.74, 6) is -1.37. The summed E-state index contributed by atoms with van der Waals surface area (Å²) < 4.78 is 0. The van der Waals surface area contributed by atoms with Gasteiger partial charge in [0.2, 0.25) is 5.91 Å². The Labute approximate surface area is 123 Å². The highest BCUT2D eigenvalue weighted by molar-refractivity contribution is 5.94. The van der Waals surface area contributed by atoms with Crippen LogP contribution in [0.5, 0.6) is 0 Å². The van der Waals surface area contributed by atoms with E-state index in [0.717, 1.165) is 12.8 Å². The molecule has 1 saturated carbocycles. The number of carbonyl (C=O) groups is 3. The summed E-state index contributed by atoms with van der Waals surface area (Å²) in [4.78, 5) is 35.9. The maximum absolute atomic E-state index is 12.0. The molecule has 0 unspecified atom stereocenters. The number of hydrogen-bond donors (Lipinski definition) is 2. The molecule has 0 spiro atoms. The molecule has 0 atom stereocenters. The molecule has 7 heteroatoms. The summed E-state index contributed by atoms with van der Waals surface area (Å²) in [6.07, 6.45) is 3.43. The van der Waals surface area contributed by atoms with Gasteiger partial charge in [0, 0.05) is 20.0 Å². The van der Waals surface area contributed by atoms with Crippen LogP contribution in [0, 0.1) is 16.7 Å². The first-order chi connectivity index (χ1) is 9.88. The lowest BCUT2D eigenvalue weighted by Crippen LogP contribution is -2.42. The van der Waals surface area contributed by atoms with Gasteiger partial charge in [-0.25, -0.2) is 4.79 Å². The van der Waals surface area contributed by atoms with Gasteiger partial charge in [0.05, 0.1) is 18.9 Å². The molecule has 0 aliphatic heterocycles. The van der Waals surface area contributed by atoms with Crippen molar-refractivity contribution in [3.63, 3.8) is 0 Å². The minimum atomic E-state index is -0.915. The smallest absolute Gasteiger partial charge is 0.323 e. The maximum atomic E-state index is 12.0. The first-order valence-electron chi connectivity index (χ1n) is 7.02. The molecular weight excluding hydrogens is 274 g/mol. The predicted molar refractivity (Wildman–Crippen MR) is 74.2 cm³/mol. The molecule has 2 N–H and O–H groups in total. The van der Waals surface area contributed by atoms with Gasteiger partial charge in [-0.05, 0) is 18.3 Å². The van der Waals surface area contributed by atoms with Crippen LogP contribution in [0.15, 0.2) is 0 Å². The quantitative estimate of drug-likeness (QED) is 0.771. The van der Waals surface area contributed by atoms with E-state index in [1.165, 1.54) is 11.9 Å². The Morgan fingerprint density at radius 2 is 1.90 bits per heavy atom. The van der Waals surface area contributed by atoms with E-state index < -0.39 is 23.3 Å². The molecular formula is C14H21N3O4. The van der Waals surface area contributed by atoms with Crippen LogP contribution in [-0.4, -0.2) is 41.5 Å². The second-order valence-electron chi connectivity index (χ2n) is 5.64. The molecule has 1 rings (SSSR count). The molecule has 1 aliphatic rings. The van der Waals surface area contributed by atoms with Gasteiger partial charge in [0.25, 0.3) is 0 Å². The van der Waals surface area contributed by atoms with E-state index in [9.17, 15) is 14.4 Å². The van der Waals surface area contributed by atoms with E-state index in [4.69, 9.17) is 10.4 Å². The number of aliphatic carboxylic acids is 1. The fourth-order valence-corrected chi connectivity index (χ4v) is 2.78. The lowest BCUT2D eigenvalue weighted by molar-refractivity contribution is -0.140. The zero-order valence-corrected chi connectivity index (χ0v) is 12.2. The van der Waals surface area contributed by atoms with Crippen molar-refractivity contribution in [1.82, 2.24) is 10.2 Å². The molecule has 0 heterocycles. The minimum absolute atomic E-state index is 0.0428. The van der Waals surface area contributed by atoms with Gasteiger partial charge in [-0.1, -0.05) is 12.8 Å². The molecule has 1 fully saturated rings. The Bertz CT molecular complexity index is 450. The van der Waals surface area contributed by atoms with Crippen LogP contribution in [0.1, 0.15) is 44.9 Å². The highest BCUT2D eigenvalue weighted by atomic mass is 16.4. The molecule has 0 aromatic carbocycles. The van der Waals surface area contributed by atoms with E-state index in [0.29, 0.717) is 12.8 Å². The number of amides is 3. The number of rotatable bonds is 6. The number of urea groups is 1. The van der Waals surface area contributed by atoms with Crippen molar-refractivity contribution in [2.24, 2.45) is 5.41 Å². The predicted octanol–water partition coefficient (Wildman–Crippen LogP) is 1.49. The van der Waals surface area contributed by atoms with Gasteiger partial charge in [-0.2, -0.15) is 5.26 Å². The minimum Gasteiger partial charge on any atom is -0.481 e. The second kappa shape index (κ2) is 7.62. The fraction of sp³-hybridized carbons (Fsp3) is 0.714. The third-order valence-corrected chi connectivity index (χ3v) is 3.88. The summed E-state index contributed by atoms with van der Waals surface area (Å²) >= 11 is 0. The summed E-state index contributed by atoms with van der Waals surface area (Å²) in [5.41, 5.74) is -0.526. The first-order valence-corrected chi connectivity index (χ1v) is 7.02.